The first-order valence-corrected chi connectivity index (χ1v) is 8.60. The fraction of sp³-hybridized carbons (Fsp3) is 0.500. The molecule has 1 atom stereocenters. The molecule has 5 nitrogen and oxygen atoms in total. The number of anilines is 1. The largest absolute Gasteiger partial charge is 0.392 e. The summed E-state index contributed by atoms with van der Waals surface area (Å²) in [6, 6.07) is 2.04. The summed E-state index contributed by atoms with van der Waals surface area (Å²) >= 11 is 1.70. The van der Waals surface area contributed by atoms with Gasteiger partial charge in [-0.15, -0.1) is 17.9 Å². The second-order valence-electron chi connectivity index (χ2n) is 5.64. The van der Waals surface area contributed by atoms with Gasteiger partial charge in [-0.3, -0.25) is 4.90 Å². The van der Waals surface area contributed by atoms with Gasteiger partial charge in [0, 0.05) is 32.7 Å². The number of rotatable bonds is 6. The van der Waals surface area contributed by atoms with Gasteiger partial charge in [0.2, 0.25) is 0 Å². The molecule has 1 fully saturated rings. The Kier molecular flexibility index (Phi) is 5.02. The van der Waals surface area contributed by atoms with Crippen molar-refractivity contribution in [1.29, 1.82) is 0 Å². The van der Waals surface area contributed by atoms with E-state index in [0.717, 1.165) is 56.9 Å². The fourth-order valence-corrected chi connectivity index (χ4v) is 3.70. The number of piperazine rings is 1. The van der Waals surface area contributed by atoms with Crippen molar-refractivity contribution >= 4 is 27.4 Å². The standard InChI is InChI=1S/C16H22N4OS/c1-2-3-4-13(21)11-19-6-8-20(9-7-19)16-15-14(5-10-22-15)17-12-18-16/h2,5,10,12-13,21H,1,3-4,6-9,11H2. The summed E-state index contributed by atoms with van der Waals surface area (Å²) in [6.45, 7) is 8.26. The van der Waals surface area contributed by atoms with Crippen LogP contribution in [0.2, 0.25) is 0 Å². The average molecular weight is 318 g/mol. The molecule has 2 aromatic rings. The maximum atomic E-state index is 10.0. The van der Waals surface area contributed by atoms with Gasteiger partial charge < -0.3 is 10.0 Å². The highest BCUT2D eigenvalue weighted by atomic mass is 32.1. The van der Waals surface area contributed by atoms with Crippen LogP contribution in [0.4, 0.5) is 5.82 Å². The third-order valence-electron chi connectivity index (χ3n) is 4.07. The smallest absolute Gasteiger partial charge is 0.150 e. The Bertz CT molecular complexity index is 621. The molecule has 22 heavy (non-hydrogen) atoms. The molecule has 118 valence electrons. The van der Waals surface area contributed by atoms with E-state index in [-0.39, 0.29) is 6.10 Å². The summed E-state index contributed by atoms with van der Waals surface area (Å²) in [7, 11) is 0. The van der Waals surface area contributed by atoms with Crippen LogP contribution in [0.5, 0.6) is 0 Å². The second kappa shape index (κ2) is 7.17. The number of nitrogens with zero attached hydrogens (tertiary/aromatic N) is 4. The molecule has 1 unspecified atom stereocenters. The second-order valence-corrected chi connectivity index (χ2v) is 6.56. The number of aliphatic hydroxyl groups excluding tert-OH is 1. The van der Waals surface area contributed by atoms with E-state index in [9.17, 15) is 5.11 Å². The van der Waals surface area contributed by atoms with Crippen molar-refractivity contribution in [3.05, 3.63) is 30.4 Å². The highest BCUT2D eigenvalue weighted by molar-refractivity contribution is 7.17. The van der Waals surface area contributed by atoms with Gasteiger partial charge in [0.25, 0.3) is 0 Å². The SMILES string of the molecule is C=CCCC(O)CN1CCN(c2ncnc3ccsc23)CC1. The normalized spacial score (nSPS) is 17.8. The molecule has 3 heterocycles. The minimum absolute atomic E-state index is 0.257. The number of aromatic nitrogens is 2. The van der Waals surface area contributed by atoms with Crippen LogP contribution in [-0.4, -0.2) is 58.8 Å². The van der Waals surface area contributed by atoms with Crippen LogP contribution >= 0.6 is 11.3 Å². The van der Waals surface area contributed by atoms with Gasteiger partial charge >= 0.3 is 0 Å². The number of aliphatic hydroxyl groups is 1. The van der Waals surface area contributed by atoms with Crippen molar-refractivity contribution in [1.82, 2.24) is 14.9 Å². The summed E-state index contributed by atoms with van der Waals surface area (Å²) in [6.07, 6.45) is 4.93. The zero-order valence-corrected chi connectivity index (χ0v) is 13.5. The van der Waals surface area contributed by atoms with Crippen molar-refractivity contribution in [3.8, 4) is 0 Å². The number of hydrogen-bond donors (Lipinski definition) is 1. The molecule has 1 saturated heterocycles. The van der Waals surface area contributed by atoms with Crippen molar-refractivity contribution in [2.45, 2.75) is 18.9 Å². The van der Waals surface area contributed by atoms with E-state index in [0.29, 0.717) is 0 Å². The lowest BCUT2D eigenvalue weighted by Crippen LogP contribution is -2.48. The molecule has 1 aliphatic rings. The first-order valence-electron chi connectivity index (χ1n) is 7.72. The zero-order chi connectivity index (χ0) is 15.4. The van der Waals surface area contributed by atoms with E-state index in [1.165, 1.54) is 4.70 Å². The number of fused-ring (bicyclic) bond motifs is 1. The first kappa shape index (κ1) is 15.4. The quantitative estimate of drug-likeness (QED) is 0.827. The Labute approximate surface area is 134 Å². The number of β-amino-alcohol motifs (C(OH)–C–C–N with tert-alkyl or cyclic N) is 1. The zero-order valence-electron chi connectivity index (χ0n) is 12.7. The van der Waals surface area contributed by atoms with Gasteiger partial charge in [-0.05, 0) is 24.3 Å². The predicted molar refractivity (Wildman–Crippen MR) is 91.5 cm³/mol. The van der Waals surface area contributed by atoms with Gasteiger partial charge in [-0.25, -0.2) is 9.97 Å². The van der Waals surface area contributed by atoms with Crippen molar-refractivity contribution in [3.63, 3.8) is 0 Å². The van der Waals surface area contributed by atoms with Gasteiger partial charge in [0.1, 0.15) is 12.1 Å². The summed E-state index contributed by atoms with van der Waals surface area (Å²) in [4.78, 5) is 13.4. The maximum Gasteiger partial charge on any atom is 0.150 e. The molecule has 1 N–H and O–H groups in total. The van der Waals surface area contributed by atoms with Crippen molar-refractivity contribution in [2.24, 2.45) is 0 Å². The molecule has 0 radical (unpaired) electrons. The van der Waals surface area contributed by atoms with Crippen molar-refractivity contribution < 1.29 is 5.11 Å². The van der Waals surface area contributed by atoms with Crippen LogP contribution in [0.1, 0.15) is 12.8 Å². The van der Waals surface area contributed by atoms with Gasteiger partial charge in [-0.2, -0.15) is 0 Å². The van der Waals surface area contributed by atoms with E-state index < -0.39 is 0 Å². The third kappa shape index (κ3) is 3.45. The first-order chi connectivity index (χ1) is 10.8. The lowest BCUT2D eigenvalue weighted by atomic mass is 10.1. The highest BCUT2D eigenvalue weighted by Gasteiger charge is 2.21. The van der Waals surface area contributed by atoms with Crippen LogP contribution in [0.25, 0.3) is 10.2 Å². The predicted octanol–water partition coefficient (Wildman–Crippen LogP) is 2.14. The Balaban J connectivity index is 1.57. The van der Waals surface area contributed by atoms with Gasteiger partial charge in [0.15, 0.2) is 0 Å². The average Bonchev–Trinajstić information content (AvgIpc) is 3.02. The van der Waals surface area contributed by atoms with Crippen molar-refractivity contribution in [2.75, 3.05) is 37.6 Å². The molecular weight excluding hydrogens is 296 g/mol. The lowest BCUT2D eigenvalue weighted by molar-refractivity contribution is 0.103. The van der Waals surface area contributed by atoms with Crippen LogP contribution in [0, 0.1) is 0 Å². The van der Waals surface area contributed by atoms with Crippen LogP contribution in [0.15, 0.2) is 30.4 Å². The van der Waals surface area contributed by atoms with E-state index in [1.807, 2.05) is 12.1 Å². The molecule has 6 heteroatoms. The summed E-state index contributed by atoms with van der Waals surface area (Å²) in [5, 5.41) is 12.1. The molecule has 0 aromatic carbocycles. The van der Waals surface area contributed by atoms with E-state index >= 15 is 0 Å². The Morgan fingerprint density at radius 3 is 2.91 bits per heavy atom. The fourth-order valence-electron chi connectivity index (χ4n) is 2.84. The van der Waals surface area contributed by atoms with Crippen LogP contribution in [0.3, 0.4) is 0 Å². The number of thiophene rings is 1. The Morgan fingerprint density at radius 1 is 1.32 bits per heavy atom. The van der Waals surface area contributed by atoms with Crippen LogP contribution in [-0.2, 0) is 0 Å². The molecule has 2 aromatic heterocycles. The summed E-state index contributed by atoms with van der Waals surface area (Å²) in [5.41, 5.74) is 1.03. The Hall–Kier alpha value is -1.50. The number of allylic oxidation sites excluding steroid dienone is 1. The molecule has 0 aliphatic carbocycles. The maximum absolute atomic E-state index is 10.0. The van der Waals surface area contributed by atoms with E-state index in [4.69, 9.17) is 0 Å². The minimum Gasteiger partial charge on any atom is -0.392 e. The number of hydrogen-bond acceptors (Lipinski definition) is 6. The van der Waals surface area contributed by atoms with Gasteiger partial charge in [-0.1, -0.05) is 6.08 Å². The molecule has 0 saturated carbocycles. The van der Waals surface area contributed by atoms with E-state index in [2.05, 4.69) is 31.7 Å². The van der Waals surface area contributed by atoms with Crippen LogP contribution < -0.4 is 4.90 Å². The summed E-state index contributed by atoms with van der Waals surface area (Å²) in [5.74, 6) is 1.05. The molecule has 0 amide bonds. The molecule has 3 rings (SSSR count). The molecular formula is C16H22N4OS. The molecule has 0 bridgehead atoms. The third-order valence-corrected chi connectivity index (χ3v) is 4.97. The lowest BCUT2D eigenvalue weighted by Gasteiger charge is -2.36. The minimum atomic E-state index is -0.257. The summed E-state index contributed by atoms with van der Waals surface area (Å²) < 4.78 is 1.17. The highest BCUT2D eigenvalue weighted by Crippen LogP contribution is 2.28. The molecule has 1 aliphatic heterocycles. The topological polar surface area (TPSA) is 52.5 Å². The van der Waals surface area contributed by atoms with E-state index in [1.54, 1.807) is 17.7 Å². The monoisotopic (exact) mass is 318 g/mol. The Morgan fingerprint density at radius 2 is 2.14 bits per heavy atom. The molecule has 0 spiro atoms. The van der Waals surface area contributed by atoms with Gasteiger partial charge in [0.05, 0.1) is 16.3 Å².